The van der Waals surface area contributed by atoms with Crippen LogP contribution in [-0.2, 0) is 0 Å². The Bertz CT molecular complexity index is 946. The van der Waals surface area contributed by atoms with Gasteiger partial charge in [-0.15, -0.1) is 13.9 Å². The third kappa shape index (κ3) is 2.96. The van der Waals surface area contributed by atoms with Gasteiger partial charge in [0.2, 0.25) is 0 Å². The Kier molecular flexibility index (Phi) is 3.31. The SMILES string of the molecule is O=C(Nc1ccc2c(c1)OC(F)(F)O2)c1cccc(-n2cnnn2)c1. The van der Waals surface area contributed by atoms with Crippen LogP contribution in [0.15, 0.2) is 48.8 Å². The fraction of sp³-hybridized carbons (Fsp3) is 0.0667. The first kappa shape index (κ1) is 15.0. The molecule has 3 aromatic rings. The van der Waals surface area contributed by atoms with Crippen molar-refractivity contribution < 1.29 is 23.0 Å². The van der Waals surface area contributed by atoms with Crippen molar-refractivity contribution in [3.05, 3.63) is 54.4 Å². The lowest BCUT2D eigenvalue weighted by Gasteiger charge is -2.07. The number of carbonyl (C=O) groups excluding carboxylic acids is 1. The highest BCUT2D eigenvalue weighted by Gasteiger charge is 2.43. The molecular formula is C15H9F2N5O3. The number of hydrogen-bond donors (Lipinski definition) is 1. The molecule has 0 spiro atoms. The molecule has 0 saturated carbocycles. The molecule has 0 fully saturated rings. The smallest absolute Gasteiger partial charge is 0.395 e. The van der Waals surface area contributed by atoms with E-state index in [-0.39, 0.29) is 17.2 Å². The summed E-state index contributed by atoms with van der Waals surface area (Å²) >= 11 is 0. The lowest BCUT2D eigenvalue weighted by atomic mass is 10.2. The molecule has 8 nitrogen and oxygen atoms in total. The summed E-state index contributed by atoms with van der Waals surface area (Å²) in [5.41, 5.74) is 1.23. The van der Waals surface area contributed by atoms with E-state index in [1.54, 1.807) is 24.3 Å². The summed E-state index contributed by atoms with van der Waals surface area (Å²) in [6.45, 7) is 0. The molecule has 1 aliphatic heterocycles. The first-order valence-electron chi connectivity index (χ1n) is 7.05. The van der Waals surface area contributed by atoms with E-state index in [9.17, 15) is 13.6 Å². The molecule has 2 heterocycles. The van der Waals surface area contributed by atoms with Gasteiger partial charge in [0.1, 0.15) is 6.33 Å². The van der Waals surface area contributed by atoms with Crippen LogP contribution in [0.25, 0.3) is 5.69 Å². The lowest BCUT2D eigenvalue weighted by molar-refractivity contribution is -0.286. The van der Waals surface area contributed by atoms with Crippen LogP contribution in [0.2, 0.25) is 0 Å². The van der Waals surface area contributed by atoms with Crippen molar-refractivity contribution in [1.29, 1.82) is 0 Å². The summed E-state index contributed by atoms with van der Waals surface area (Å²) in [4.78, 5) is 12.4. The monoisotopic (exact) mass is 345 g/mol. The molecule has 1 N–H and O–H groups in total. The number of tetrazole rings is 1. The molecule has 0 bridgehead atoms. The van der Waals surface area contributed by atoms with Gasteiger partial charge in [-0.3, -0.25) is 4.79 Å². The number of carbonyl (C=O) groups is 1. The number of hydrogen-bond acceptors (Lipinski definition) is 6. The second-order valence-corrected chi connectivity index (χ2v) is 5.09. The lowest BCUT2D eigenvalue weighted by Crippen LogP contribution is -2.25. The number of amides is 1. The quantitative estimate of drug-likeness (QED) is 0.783. The van der Waals surface area contributed by atoms with E-state index in [1.807, 2.05) is 0 Å². The summed E-state index contributed by atoms with van der Waals surface area (Å²) in [6.07, 6.45) is -2.31. The van der Waals surface area contributed by atoms with Crippen LogP contribution in [0.5, 0.6) is 11.5 Å². The first-order valence-corrected chi connectivity index (χ1v) is 7.05. The molecule has 0 unspecified atom stereocenters. The van der Waals surface area contributed by atoms with E-state index in [0.29, 0.717) is 11.3 Å². The van der Waals surface area contributed by atoms with Crippen LogP contribution in [0, 0.1) is 0 Å². The van der Waals surface area contributed by atoms with Gasteiger partial charge in [0.15, 0.2) is 11.5 Å². The summed E-state index contributed by atoms with van der Waals surface area (Å²) in [7, 11) is 0. The number of rotatable bonds is 3. The number of anilines is 1. The van der Waals surface area contributed by atoms with E-state index >= 15 is 0 Å². The zero-order chi connectivity index (χ0) is 17.4. The van der Waals surface area contributed by atoms with Crippen molar-refractivity contribution in [2.24, 2.45) is 0 Å². The van der Waals surface area contributed by atoms with Crippen LogP contribution in [0.1, 0.15) is 10.4 Å². The van der Waals surface area contributed by atoms with Crippen molar-refractivity contribution in [3.63, 3.8) is 0 Å². The molecule has 0 aliphatic carbocycles. The first-order chi connectivity index (χ1) is 12.0. The summed E-state index contributed by atoms with van der Waals surface area (Å²) in [6, 6.07) is 10.6. The van der Waals surface area contributed by atoms with Gasteiger partial charge < -0.3 is 14.8 Å². The molecule has 4 rings (SSSR count). The van der Waals surface area contributed by atoms with E-state index < -0.39 is 12.2 Å². The average Bonchev–Trinajstić information content (AvgIpc) is 3.21. The number of nitrogens with one attached hydrogen (secondary N) is 1. The van der Waals surface area contributed by atoms with E-state index in [0.717, 1.165) is 0 Å². The molecular weight excluding hydrogens is 336 g/mol. The number of nitrogens with zero attached hydrogens (tertiary/aromatic N) is 4. The highest BCUT2D eigenvalue weighted by atomic mass is 19.3. The third-order valence-corrected chi connectivity index (χ3v) is 3.38. The van der Waals surface area contributed by atoms with Gasteiger partial charge in [-0.2, -0.15) is 0 Å². The minimum Gasteiger partial charge on any atom is -0.395 e. The Labute approximate surface area is 139 Å². The zero-order valence-electron chi connectivity index (χ0n) is 12.4. The fourth-order valence-electron chi connectivity index (χ4n) is 2.30. The maximum Gasteiger partial charge on any atom is 0.586 e. The highest BCUT2D eigenvalue weighted by Crippen LogP contribution is 2.42. The Morgan fingerprint density at radius 3 is 2.76 bits per heavy atom. The second-order valence-electron chi connectivity index (χ2n) is 5.09. The molecule has 0 radical (unpaired) electrons. The predicted molar refractivity (Wildman–Crippen MR) is 79.8 cm³/mol. The van der Waals surface area contributed by atoms with Crippen molar-refractivity contribution in [3.8, 4) is 17.2 Å². The Morgan fingerprint density at radius 2 is 1.96 bits per heavy atom. The van der Waals surface area contributed by atoms with Gasteiger partial charge in [0.25, 0.3) is 5.91 Å². The number of alkyl halides is 2. The van der Waals surface area contributed by atoms with E-state index in [2.05, 4.69) is 30.3 Å². The normalized spacial score (nSPS) is 14.3. The minimum absolute atomic E-state index is 0.0938. The Hall–Kier alpha value is -3.56. The Balaban J connectivity index is 1.54. The average molecular weight is 345 g/mol. The fourth-order valence-corrected chi connectivity index (χ4v) is 2.30. The van der Waals surface area contributed by atoms with Crippen LogP contribution in [0.3, 0.4) is 0 Å². The molecule has 1 aliphatic rings. The third-order valence-electron chi connectivity index (χ3n) is 3.38. The molecule has 1 amide bonds. The van der Waals surface area contributed by atoms with Crippen molar-refractivity contribution in [2.75, 3.05) is 5.32 Å². The maximum absolute atomic E-state index is 13.0. The zero-order valence-corrected chi connectivity index (χ0v) is 12.4. The van der Waals surface area contributed by atoms with E-state index in [1.165, 1.54) is 29.2 Å². The van der Waals surface area contributed by atoms with Crippen molar-refractivity contribution in [1.82, 2.24) is 20.2 Å². The van der Waals surface area contributed by atoms with Crippen molar-refractivity contribution >= 4 is 11.6 Å². The van der Waals surface area contributed by atoms with Crippen LogP contribution in [0.4, 0.5) is 14.5 Å². The number of fused-ring (bicyclic) bond motifs is 1. The van der Waals surface area contributed by atoms with Crippen LogP contribution < -0.4 is 14.8 Å². The van der Waals surface area contributed by atoms with Gasteiger partial charge in [0, 0.05) is 17.3 Å². The number of benzene rings is 2. The molecule has 0 atom stereocenters. The van der Waals surface area contributed by atoms with Gasteiger partial charge >= 0.3 is 6.29 Å². The maximum atomic E-state index is 13.0. The molecule has 10 heteroatoms. The molecule has 2 aromatic carbocycles. The van der Waals surface area contributed by atoms with Crippen molar-refractivity contribution in [2.45, 2.75) is 6.29 Å². The standard InChI is InChI=1S/C15H9F2N5O3/c16-15(17)24-12-5-4-10(7-13(12)25-15)19-14(23)9-2-1-3-11(6-9)22-8-18-20-21-22/h1-8H,(H,19,23). The number of halogens is 2. The van der Waals surface area contributed by atoms with Gasteiger partial charge in [-0.05, 0) is 40.8 Å². The summed E-state index contributed by atoms with van der Waals surface area (Å²) in [5, 5.41) is 13.4. The van der Waals surface area contributed by atoms with Gasteiger partial charge in [-0.1, -0.05) is 6.07 Å². The van der Waals surface area contributed by atoms with Gasteiger partial charge in [0.05, 0.1) is 5.69 Å². The molecule has 25 heavy (non-hydrogen) atoms. The highest BCUT2D eigenvalue weighted by molar-refractivity contribution is 6.04. The van der Waals surface area contributed by atoms with Crippen LogP contribution in [-0.4, -0.2) is 32.4 Å². The summed E-state index contributed by atoms with van der Waals surface area (Å²) < 4.78 is 36.1. The number of aromatic nitrogens is 4. The molecule has 126 valence electrons. The molecule has 0 saturated heterocycles. The minimum atomic E-state index is -3.70. The predicted octanol–water partition coefficient (Wildman–Crippen LogP) is 2.24. The second kappa shape index (κ2) is 5.51. The summed E-state index contributed by atoms with van der Waals surface area (Å²) in [5.74, 6) is -0.672. The van der Waals surface area contributed by atoms with Gasteiger partial charge in [-0.25, -0.2) is 4.68 Å². The largest absolute Gasteiger partial charge is 0.586 e. The topological polar surface area (TPSA) is 91.2 Å². The van der Waals surface area contributed by atoms with Crippen LogP contribution >= 0.6 is 0 Å². The molecule has 1 aromatic heterocycles. The Morgan fingerprint density at radius 1 is 1.12 bits per heavy atom. The number of ether oxygens (including phenoxy) is 2. The van der Waals surface area contributed by atoms with E-state index in [4.69, 9.17) is 0 Å².